The Morgan fingerprint density at radius 3 is 1.32 bits per heavy atom. The molecule has 0 saturated carbocycles. The van der Waals surface area contributed by atoms with Crippen LogP contribution in [0.4, 0.5) is 9.59 Å². The lowest BCUT2D eigenvalue weighted by atomic mass is 10.0. The second-order valence-electron chi connectivity index (χ2n) is 10.1. The minimum Gasteiger partial charge on any atom is -0.444 e. The molecule has 0 bridgehead atoms. The largest absolute Gasteiger partial charge is 0.444 e. The Bertz CT molecular complexity index is 546. The molecule has 4 atom stereocenters. The van der Waals surface area contributed by atoms with Gasteiger partial charge in [-0.1, -0.05) is 0 Å². The minimum atomic E-state index is -0.383. The van der Waals surface area contributed by atoms with E-state index in [0.717, 1.165) is 39.0 Å². The molecule has 2 amide bonds. The Labute approximate surface area is 168 Å². The molecule has 4 aliphatic heterocycles. The number of nitrogens with one attached hydrogen (secondary N) is 2. The first kappa shape index (κ1) is 21.2. The number of amides is 2. The van der Waals surface area contributed by atoms with Gasteiger partial charge in [0.05, 0.1) is 12.1 Å². The van der Waals surface area contributed by atoms with Crippen LogP contribution in [-0.2, 0) is 9.47 Å². The van der Waals surface area contributed by atoms with E-state index in [1.54, 1.807) is 0 Å². The fraction of sp³-hybridized carbons (Fsp3) is 0.900. The summed E-state index contributed by atoms with van der Waals surface area (Å²) in [6.07, 6.45) is 1.80. The van der Waals surface area contributed by atoms with Gasteiger partial charge in [0.25, 0.3) is 0 Å². The van der Waals surface area contributed by atoms with E-state index in [1.165, 1.54) is 0 Å². The molecule has 0 unspecified atom stereocenters. The quantitative estimate of drug-likeness (QED) is 0.651. The lowest BCUT2D eigenvalue weighted by Crippen LogP contribution is -2.60. The van der Waals surface area contributed by atoms with E-state index >= 15 is 0 Å². The van der Waals surface area contributed by atoms with Crippen molar-refractivity contribution in [3.05, 3.63) is 0 Å². The Hall–Kier alpha value is -1.54. The lowest BCUT2D eigenvalue weighted by molar-refractivity contribution is 0.0161. The van der Waals surface area contributed by atoms with Crippen molar-refractivity contribution in [2.45, 2.75) is 89.8 Å². The molecule has 0 aromatic rings. The van der Waals surface area contributed by atoms with Gasteiger partial charge >= 0.3 is 12.2 Å². The van der Waals surface area contributed by atoms with Gasteiger partial charge in [-0.2, -0.15) is 0 Å². The van der Waals surface area contributed by atoms with E-state index < -0.39 is 0 Å². The number of hydrogen-bond acceptors (Lipinski definition) is 6. The maximum atomic E-state index is 11.7. The van der Waals surface area contributed by atoms with Crippen molar-refractivity contribution < 1.29 is 19.1 Å². The van der Waals surface area contributed by atoms with Crippen LogP contribution < -0.4 is 10.6 Å². The molecule has 8 nitrogen and oxygen atoms in total. The molecular formula is C20H36N4O4. The summed E-state index contributed by atoms with van der Waals surface area (Å²) in [5.74, 6) is 0. The summed E-state index contributed by atoms with van der Waals surface area (Å²) < 4.78 is 10.7. The molecule has 0 aromatic carbocycles. The third kappa shape index (κ3) is 4.89. The molecule has 4 heterocycles. The number of ether oxygens (including phenoxy) is 2. The first-order valence-electron chi connectivity index (χ1n) is 10.4. The van der Waals surface area contributed by atoms with Crippen LogP contribution in [0.5, 0.6) is 0 Å². The van der Waals surface area contributed by atoms with Gasteiger partial charge in [0, 0.05) is 38.3 Å². The molecule has 0 aliphatic carbocycles. The zero-order valence-corrected chi connectivity index (χ0v) is 18.1. The summed E-state index contributed by atoms with van der Waals surface area (Å²) in [4.78, 5) is 27.2. The van der Waals surface area contributed by atoms with Crippen molar-refractivity contribution in [3.8, 4) is 0 Å². The topological polar surface area (TPSA) is 83.1 Å². The van der Waals surface area contributed by atoms with Crippen molar-refractivity contribution >= 4 is 12.2 Å². The van der Waals surface area contributed by atoms with Crippen molar-refractivity contribution in [2.75, 3.05) is 26.2 Å². The number of nitrogens with zero attached hydrogens (tertiary/aromatic N) is 2. The average Bonchev–Trinajstić information content (AvgIpc) is 2.92. The number of fused-ring (bicyclic) bond motifs is 2. The summed E-state index contributed by atoms with van der Waals surface area (Å²) in [6, 6.07) is 1.79. The molecule has 4 aliphatic rings. The zero-order valence-electron chi connectivity index (χ0n) is 18.1. The van der Waals surface area contributed by atoms with Crippen LogP contribution >= 0.6 is 0 Å². The van der Waals surface area contributed by atoms with Crippen LogP contribution in [0.1, 0.15) is 54.4 Å². The molecule has 8 heteroatoms. The SMILES string of the molecule is CC(C)(C)OC(=O)N1CC[C@@H]2NC[C@@H]21.CC(C)(C)OC(=O)N1CC[C@H]2NC[C@H]21. The van der Waals surface area contributed by atoms with E-state index in [-0.39, 0.29) is 23.4 Å². The predicted molar refractivity (Wildman–Crippen MR) is 106 cm³/mol. The van der Waals surface area contributed by atoms with Gasteiger partial charge < -0.3 is 29.9 Å². The monoisotopic (exact) mass is 396 g/mol. The second kappa shape index (κ2) is 7.71. The van der Waals surface area contributed by atoms with Crippen LogP contribution in [0.25, 0.3) is 0 Å². The van der Waals surface area contributed by atoms with Gasteiger partial charge in [0.2, 0.25) is 0 Å². The highest BCUT2D eigenvalue weighted by Gasteiger charge is 2.45. The molecule has 160 valence electrons. The van der Waals surface area contributed by atoms with E-state index in [4.69, 9.17) is 9.47 Å². The molecule has 4 saturated heterocycles. The van der Waals surface area contributed by atoms with Crippen LogP contribution in [-0.4, -0.2) is 83.5 Å². The first-order valence-corrected chi connectivity index (χ1v) is 10.4. The third-order valence-corrected chi connectivity index (χ3v) is 5.53. The fourth-order valence-corrected chi connectivity index (χ4v) is 4.01. The second-order valence-corrected chi connectivity index (χ2v) is 10.1. The van der Waals surface area contributed by atoms with Crippen LogP contribution in [0.3, 0.4) is 0 Å². The van der Waals surface area contributed by atoms with Crippen molar-refractivity contribution in [3.63, 3.8) is 0 Å². The summed E-state index contributed by atoms with van der Waals surface area (Å²) in [5, 5.41) is 6.61. The summed E-state index contributed by atoms with van der Waals surface area (Å²) in [6.45, 7) is 14.9. The number of hydrogen-bond donors (Lipinski definition) is 2. The number of carbonyl (C=O) groups is 2. The van der Waals surface area contributed by atoms with Crippen molar-refractivity contribution in [1.29, 1.82) is 0 Å². The number of carbonyl (C=O) groups excluding carboxylic acids is 2. The van der Waals surface area contributed by atoms with E-state index in [1.807, 2.05) is 51.3 Å². The van der Waals surface area contributed by atoms with Crippen molar-refractivity contribution in [1.82, 2.24) is 20.4 Å². The van der Waals surface area contributed by atoms with Crippen LogP contribution in [0, 0.1) is 0 Å². The Morgan fingerprint density at radius 1 is 0.750 bits per heavy atom. The average molecular weight is 397 g/mol. The van der Waals surface area contributed by atoms with E-state index in [2.05, 4.69) is 10.6 Å². The minimum absolute atomic E-state index is 0.161. The van der Waals surface area contributed by atoms with Gasteiger partial charge in [0.1, 0.15) is 11.2 Å². The molecule has 28 heavy (non-hydrogen) atoms. The van der Waals surface area contributed by atoms with Crippen molar-refractivity contribution in [2.24, 2.45) is 0 Å². The maximum absolute atomic E-state index is 11.7. The summed E-state index contributed by atoms with van der Waals surface area (Å²) in [5.41, 5.74) is -0.765. The summed E-state index contributed by atoms with van der Waals surface area (Å²) in [7, 11) is 0. The van der Waals surface area contributed by atoms with E-state index in [0.29, 0.717) is 24.2 Å². The van der Waals surface area contributed by atoms with Crippen LogP contribution in [0.2, 0.25) is 0 Å². The highest BCUT2D eigenvalue weighted by atomic mass is 16.6. The molecule has 2 N–H and O–H groups in total. The van der Waals surface area contributed by atoms with Gasteiger partial charge in [-0.25, -0.2) is 9.59 Å². The first-order chi connectivity index (χ1) is 12.9. The van der Waals surface area contributed by atoms with Crippen LogP contribution in [0.15, 0.2) is 0 Å². The molecule has 0 aromatic heterocycles. The van der Waals surface area contributed by atoms with Gasteiger partial charge in [-0.15, -0.1) is 0 Å². The van der Waals surface area contributed by atoms with Gasteiger partial charge in [0.15, 0.2) is 0 Å². The molecule has 4 rings (SSSR count). The standard InChI is InChI=1S/2C10H18N2O2/c2*1-10(2,3)14-9(13)12-5-4-7-8(12)6-11-7/h2*7-8,11H,4-6H2,1-3H3/t2*7-,8-/m10/s1. The molecular weight excluding hydrogens is 360 g/mol. The smallest absolute Gasteiger partial charge is 0.410 e. The maximum Gasteiger partial charge on any atom is 0.410 e. The number of likely N-dealkylation sites (tertiary alicyclic amines) is 2. The van der Waals surface area contributed by atoms with Gasteiger partial charge in [-0.3, -0.25) is 0 Å². The number of rotatable bonds is 0. The highest BCUT2D eigenvalue weighted by Crippen LogP contribution is 2.26. The van der Waals surface area contributed by atoms with E-state index in [9.17, 15) is 9.59 Å². The molecule has 4 fully saturated rings. The normalized spacial score (nSPS) is 30.9. The Kier molecular flexibility index (Phi) is 5.83. The summed E-state index contributed by atoms with van der Waals surface area (Å²) >= 11 is 0. The predicted octanol–water partition coefficient (Wildman–Crippen LogP) is 1.94. The Balaban J connectivity index is 0.000000161. The van der Waals surface area contributed by atoms with Gasteiger partial charge in [-0.05, 0) is 54.4 Å². The highest BCUT2D eigenvalue weighted by molar-refractivity contribution is 5.70. The Morgan fingerprint density at radius 2 is 1.11 bits per heavy atom. The zero-order chi connectivity index (χ0) is 20.7. The fourth-order valence-electron chi connectivity index (χ4n) is 4.01. The lowest BCUT2D eigenvalue weighted by Gasteiger charge is -2.37. The third-order valence-electron chi connectivity index (χ3n) is 5.53. The molecule has 0 spiro atoms. The molecule has 0 radical (unpaired) electrons.